The average molecular weight is 196 g/mol. The minimum Gasteiger partial charge on any atom is -0.300 e. The van der Waals surface area contributed by atoms with Crippen molar-refractivity contribution in [1.82, 2.24) is 0 Å². The number of hydrogen-bond donors (Lipinski definition) is 0. The fraction of sp³-hybridized carbons (Fsp3) is 0.923. The van der Waals surface area contributed by atoms with Crippen molar-refractivity contribution in [3.63, 3.8) is 0 Å². The first-order valence-corrected chi connectivity index (χ1v) is 6.34. The number of rotatable bonds is 9. The Bertz CT molecular complexity index is 159. The minimum absolute atomic E-state index is 0.508. The molecule has 0 aromatic carbocycles. The molecule has 14 heavy (non-hydrogen) atoms. The fourth-order valence-corrected chi connectivity index (χ4v) is 1.82. The highest BCUT2D eigenvalue weighted by Crippen LogP contribution is 2.33. The van der Waals surface area contributed by atoms with E-state index in [1.165, 1.54) is 44.9 Å². The Morgan fingerprint density at radius 1 is 1.07 bits per heavy atom. The van der Waals surface area contributed by atoms with E-state index in [9.17, 15) is 4.79 Å². The van der Waals surface area contributed by atoms with Crippen LogP contribution in [0.1, 0.15) is 71.1 Å². The summed E-state index contributed by atoms with van der Waals surface area (Å²) >= 11 is 0. The van der Waals surface area contributed by atoms with Gasteiger partial charge in [-0.15, -0.1) is 0 Å². The van der Waals surface area contributed by atoms with Crippen molar-refractivity contribution < 1.29 is 4.79 Å². The number of unbranched alkanes of at least 4 members (excludes halogenated alkanes) is 4. The van der Waals surface area contributed by atoms with Gasteiger partial charge in [-0.1, -0.05) is 45.4 Å². The van der Waals surface area contributed by atoms with Crippen molar-refractivity contribution >= 4 is 5.78 Å². The lowest BCUT2D eigenvalue weighted by Gasteiger charge is -2.00. The maximum atomic E-state index is 11.4. The Labute approximate surface area is 88.3 Å². The third kappa shape index (κ3) is 6.17. The highest BCUT2D eigenvalue weighted by molar-refractivity contribution is 5.78. The van der Waals surface area contributed by atoms with Gasteiger partial charge in [-0.05, 0) is 18.8 Å². The summed E-state index contributed by atoms with van der Waals surface area (Å²) in [4.78, 5) is 11.4. The monoisotopic (exact) mass is 196 g/mol. The van der Waals surface area contributed by atoms with E-state index in [0.717, 1.165) is 25.2 Å². The van der Waals surface area contributed by atoms with Crippen LogP contribution in [0.2, 0.25) is 0 Å². The zero-order valence-electron chi connectivity index (χ0n) is 9.56. The topological polar surface area (TPSA) is 17.1 Å². The summed E-state index contributed by atoms with van der Waals surface area (Å²) in [5, 5.41) is 0. The van der Waals surface area contributed by atoms with Gasteiger partial charge in [0.05, 0.1) is 0 Å². The standard InChI is InChI=1S/C13H24O/c1-2-3-4-5-6-7-13(14)11-10-12-8-9-12/h12H,2-11H2,1H3. The Balaban J connectivity index is 1.81. The molecule has 1 saturated carbocycles. The molecule has 1 aliphatic rings. The van der Waals surface area contributed by atoms with Crippen LogP contribution in [-0.2, 0) is 4.79 Å². The van der Waals surface area contributed by atoms with Gasteiger partial charge in [0.1, 0.15) is 5.78 Å². The van der Waals surface area contributed by atoms with Crippen LogP contribution in [0, 0.1) is 5.92 Å². The van der Waals surface area contributed by atoms with Crippen LogP contribution in [0.3, 0.4) is 0 Å². The molecule has 0 radical (unpaired) electrons. The van der Waals surface area contributed by atoms with Crippen LogP contribution in [-0.4, -0.2) is 5.78 Å². The van der Waals surface area contributed by atoms with Crippen LogP contribution in [0.25, 0.3) is 0 Å². The molecule has 82 valence electrons. The molecular weight excluding hydrogens is 172 g/mol. The second-order valence-corrected chi connectivity index (χ2v) is 4.68. The summed E-state index contributed by atoms with van der Waals surface area (Å²) < 4.78 is 0. The molecule has 0 spiro atoms. The molecule has 1 aliphatic carbocycles. The van der Waals surface area contributed by atoms with E-state index in [4.69, 9.17) is 0 Å². The van der Waals surface area contributed by atoms with Gasteiger partial charge in [-0.3, -0.25) is 4.79 Å². The molecule has 1 fully saturated rings. The molecule has 1 nitrogen and oxygen atoms in total. The van der Waals surface area contributed by atoms with Gasteiger partial charge in [0.25, 0.3) is 0 Å². The van der Waals surface area contributed by atoms with Crippen molar-refractivity contribution in [2.45, 2.75) is 71.1 Å². The van der Waals surface area contributed by atoms with Crippen molar-refractivity contribution in [2.24, 2.45) is 5.92 Å². The third-order valence-corrected chi connectivity index (χ3v) is 3.09. The summed E-state index contributed by atoms with van der Waals surface area (Å²) in [6.07, 6.45) is 11.9. The molecule has 0 atom stereocenters. The van der Waals surface area contributed by atoms with Gasteiger partial charge in [-0.25, -0.2) is 0 Å². The number of carbonyl (C=O) groups excluding carboxylic acids is 1. The first-order chi connectivity index (χ1) is 6.83. The molecule has 0 saturated heterocycles. The summed E-state index contributed by atoms with van der Waals surface area (Å²) in [5.74, 6) is 1.42. The lowest BCUT2D eigenvalue weighted by molar-refractivity contribution is -0.119. The van der Waals surface area contributed by atoms with E-state index in [1.54, 1.807) is 0 Å². The van der Waals surface area contributed by atoms with Crippen LogP contribution >= 0.6 is 0 Å². The maximum absolute atomic E-state index is 11.4. The number of hydrogen-bond acceptors (Lipinski definition) is 1. The van der Waals surface area contributed by atoms with Crippen LogP contribution < -0.4 is 0 Å². The van der Waals surface area contributed by atoms with Gasteiger partial charge < -0.3 is 0 Å². The number of carbonyl (C=O) groups is 1. The first kappa shape index (κ1) is 11.7. The van der Waals surface area contributed by atoms with E-state index in [1.807, 2.05) is 0 Å². The molecule has 0 bridgehead atoms. The largest absolute Gasteiger partial charge is 0.300 e. The third-order valence-electron chi connectivity index (χ3n) is 3.09. The van der Waals surface area contributed by atoms with Crippen LogP contribution in [0.15, 0.2) is 0 Å². The van der Waals surface area contributed by atoms with Gasteiger partial charge in [0.2, 0.25) is 0 Å². The lowest BCUT2D eigenvalue weighted by Crippen LogP contribution is -1.98. The van der Waals surface area contributed by atoms with Crippen LogP contribution in [0.5, 0.6) is 0 Å². The summed E-state index contributed by atoms with van der Waals surface area (Å²) in [6, 6.07) is 0. The summed E-state index contributed by atoms with van der Waals surface area (Å²) in [7, 11) is 0. The molecule has 0 unspecified atom stereocenters. The second-order valence-electron chi connectivity index (χ2n) is 4.68. The molecular formula is C13H24O. The Morgan fingerprint density at radius 3 is 2.43 bits per heavy atom. The van der Waals surface area contributed by atoms with Gasteiger partial charge >= 0.3 is 0 Å². The lowest BCUT2D eigenvalue weighted by atomic mass is 10.1. The molecule has 0 amide bonds. The zero-order valence-corrected chi connectivity index (χ0v) is 9.56. The van der Waals surface area contributed by atoms with Crippen molar-refractivity contribution in [2.75, 3.05) is 0 Å². The minimum atomic E-state index is 0.508. The smallest absolute Gasteiger partial charge is 0.132 e. The van der Waals surface area contributed by atoms with Gasteiger partial charge in [0, 0.05) is 12.8 Å². The molecule has 0 heterocycles. The predicted molar refractivity (Wildman–Crippen MR) is 60.3 cm³/mol. The SMILES string of the molecule is CCCCCCCC(=O)CCC1CC1. The van der Waals surface area contributed by atoms with E-state index in [-0.39, 0.29) is 0 Å². The van der Waals surface area contributed by atoms with Gasteiger partial charge in [-0.2, -0.15) is 0 Å². The molecule has 1 heteroatoms. The van der Waals surface area contributed by atoms with Crippen LogP contribution in [0.4, 0.5) is 0 Å². The average Bonchev–Trinajstić information content (AvgIpc) is 2.98. The first-order valence-electron chi connectivity index (χ1n) is 6.34. The molecule has 0 N–H and O–H groups in total. The normalized spacial score (nSPS) is 15.8. The second kappa shape index (κ2) is 7.03. The quantitative estimate of drug-likeness (QED) is 0.507. The molecule has 1 rings (SSSR count). The van der Waals surface area contributed by atoms with E-state index in [0.29, 0.717) is 5.78 Å². The van der Waals surface area contributed by atoms with E-state index < -0.39 is 0 Å². The zero-order chi connectivity index (χ0) is 10.2. The summed E-state index contributed by atoms with van der Waals surface area (Å²) in [6.45, 7) is 2.22. The van der Waals surface area contributed by atoms with E-state index in [2.05, 4.69) is 6.92 Å². The number of Topliss-reactive ketones (excluding diaryl/α,β-unsaturated/α-hetero) is 1. The molecule has 0 aliphatic heterocycles. The maximum Gasteiger partial charge on any atom is 0.132 e. The Kier molecular flexibility index (Phi) is 5.89. The summed E-state index contributed by atoms with van der Waals surface area (Å²) in [5.41, 5.74) is 0. The predicted octanol–water partition coefficient (Wildman–Crippen LogP) is 4.11. The van der Waals surface area contributed by atoms with Crippen molar-refractivity contribution in [3.05, 3.63) is 0 Å². The molecule has 0 aromatic heterocycles. The highest BCUT2D eigenvalue weighted by atomic mass is 16.1. The highest BCUT2D eigenvalue weighted by Gasteiger charge is 2.21. The van der Waals surface area contributed by atoms with Gasteiger partial charge in [0.15, 0.2) is 0 Å². The van der Waals surface area contributed by atoms with Crippen molar-refractivity contribution in [1.29, 1.82) is 0 Å². The fourth-order valence-electron chi connectivity index (χ4n) is 1.82. The van der Waals surface area contributed by atoms with E-state index >= 15 is 0 Å². The Hall–Kier alpha value is -0.330. The van der Waals surface area contributed by atoms with Crippen molar-refractivity contribution in [3.8, 4) is 0 Å². The molecule has 0 aromatic rings. The number of ketones is 1. The Morgan fingerprint density at radius 2 is 1.79 bits per heavy atom.